The number of alkyl halides is 1. The molecule has 0 N–H and O–H groups in total. The maximum absolute atomic E-state index is 12.4. The minimum absolute atomic E-state index is 0.381. The average molecular weight is 154 g/mol. The molecular formula is C8H11FN2. The van der Waals surface area contributed by atoms with Gasteiger partial charge in [0.25, 0.3) is 0 Å². The van der Waals surface area contributed by atoms with E-state index in [1.165, 1.54) is 0 Å². The first-order valence-corrected chi connectivity index (χ1v) is 3.87. The zero-order chi connectivity index (χ0) is 7.84. The van der Waals surface area contributed by atoms with Crippen LogP contribution >= 0.6 is 0 Å². The van der Waals surface area contributed by atoms with E-state index in [4.69, 9.17) is 0 Å². The van der Waals surface area contributed by atoms with Gasteiger partial charge in [-0.2, -0.15) is 0 Å². The smallest absolute Gasteiger partial charge is 0.101 e. The first kappa shape index (κ1) is 6.83. The third-order valence-corrected chi connectivity index (χ3v) is 2.22. The molecule has 0 saturated heterocycles. The van der Waals surface area contributed by atoms with Crippen LogP contribution in [0.25, 0.3) is 0 Å². The van der Waals surface area contributed by atoms with Gasteiger partial charge in [-0.3, -0.25) is 0 Å². The standard InChI is InChI=1S/C8H11FN2/c1-11-4-8(10-5-11)6-2-7(9)3-6/h4-7H,2-3H2,1H3. The van der Waals surface area contributed by atoms with Gasteiger partial charge in [0.2, 0.25) is 0 Å². The van der Waals surface area contributed by atoms with Crippen LogP contribution in [0.3, 0.4) is 0 Å². The third kappa shape index (κ3) is 1.15. The molecule has 0 amide bonds. The lowest BCUT2D eigenvalue weighted by molar-refractivity contribution is 0.177. The van der Waals surface area contributed by atoms with Gasteiger partial charge in [0, 0.05) is 19.2 Å². The third-order valence-electron chi connectivity index (χ3n) is 2.22. The van der Waals surface area contributed by atoms with Crippen molar-refractivity contribution in [3.63, 3.8) is 0 Å². The van der Waals surface area contributed by atoms with Crippen molar-refractivity contribution in [1.82, 2.24) is 9.55 Å². The molecule has 0 atom stereocenters. The predicted octanol–water partition coefficient (Wildman–Crippen LogP) is 1.64. The molecule has 60 valence electrons. The molecule has 0 spiro atoms. The van der Waals surface area contributed by atoms with Crippen molar-refractivity contribution in [3.05, 3.63) is 18.2 Å². The summed E-state index contributed by atoms with van der Waals surface area (Å²) in [6.07, 6.45) is 4.48. The number of halogens is 1. The van der Waals surface area contributed by atoms with E-state index in [0.29, 0.717) is 18.8 Å². The van der Waals surface area contributed by atoms with Gasteiger partial charge in [-0.05, 0) is 12.8 Å². The molecule has 0 radical (unpaired) electrons. The fourth-order valence-corrected chi connectivity index (χ4v) is 1.43. The Kier molecular flexibility index (Phi) is 1.44. The molecule has 2 nitrogen and oxygen atoms in total. The Hall–Kier alpha value is -0.860. The highest BCUT2D eigenvalue weighted by molar-refractivity contribution is 5.09. The van der Waals surface area contributed by atoms with Crippen molar-refractivity contribution in [3.8, 4) is 0 Å². The van der Waals surface area contributed by atoms with E-state index in [9.17, 15) is 4.39 Å². The lowest BCUT2D eigenvalue weighted by atomic mass is 9.81. The molecule has 1 aromatic rings. The van der Waals surface area contributed by atoms with Crippen LogP contribution in [0.15, 0.2) is 12.5 Å². The minimum atomic E-state index is -0.581. The highest BCUT2D eigenvalue weighted by Gasteiger charge is 2.31. The highest BCUT2D eigenvalue weighted by atomic mass is 19.1. The molecule has 1 aromatic heterocycles. The second-order valence-corrected chi connectivity index (χ2v) is 3.23. The lowest BCUT2D eigenvalue weighted by Gasteiger charge is -2.27. The van der Waals surface area contributed by atoms with Crippen molar-refractivity contribution < 1.29 is 4.39 Å². The monoisotopic (exact) mass is 154 g/mol. The molecule has 1 aliphatic carbocycles. The van der Waals surface area contributed by atoms with Crippen molar-refractivity contribution in [2.24, 2.45) is 7.05 Å². The maximum Gasteiger partial charge on any atom is 0.101 e. The molecule has 1 aliphatic rings. The summed E-state index contributed by atoms with van der Waals surface area (Å²) in [5, 5.41) is 0. The number of hydrogen-bond donors (Lipinski definition) is 0. The van der Waals surface area contributed by atoms with Gasteiger partial charge in [0.05, 0.1) is 12.0 Å². The van der Waals surface area contributed by atoms with Crippen LogP contribution in [0.4, 0.5) is 4.39 Å². The summed E-state index contributed by atoms with van der Waals surface area (Å²) in [6, 6.07) is 0. The summed E-state index contributed by atoms with van der Waals surface area (Å²) in [4.78, 5) is 4.17. The zero-order valence-corrected chi connectivity index (χ0v) is 6.50. The van der Waals surface area contributed by atoms with Crippen molar-refractivity contribution in [2.45, 2.75) is 24.9 Å². The van der Waals surface area contributed by atoms with Gasteiger partial charge in [-0.1, -0.05) is 0 Å². The molecule has 11 heavy (non-hydrogen) atoms. The van der Waals surface area contributed by atoms with Crippen LogP contribution in [0.5, 0.6) is 0 Å². The van der Waals surface area contributed by atoms with Crippen LogP contribution in [-0.2, 0) is 7.05 Å². The largest absolute Gasteiger partial charge is 0.340 e. The number of aromatic nitrogens is 2. The molecular weight excluding hydrogens is 143 g/mol. The maximum atomic E-state index is 12.4. The Morgan fingerprint density at radius 2 is 2.36 bits per heavy atom. The van der Waals surface area contributed by atoms with Crippen LogP contribution in [0.1, 0.15) is 24.5 Å². The quantitative estimate of drug-likeness (QED) is 0.601. The van der Waals surface area contributed by atoms with Gasteiger partial charge in [0.1, 0.15) is 6.17 Å². The molecule has 2 rings (SSSR count). The van der Waals surface area contributed by atoms with E-state index >= 15 is 0 Å². The Morgan fingerprint density at radius 3 is 2.82 bits per heavy atom. The average Bonchev–Trinajstić information content (AvgIpc) is 2.29. The summed E-state index contributed by atoms with van der Waals surface area (Å²) in [6.45, 7) is 0. The van der Waals surface area contributed by atoms with Crippen molar-refractivity contribution in [1.29, 1.82) is 0 Å². The van der Waals surface area contributed by atoms with Gasteiger partial charge >= 0.3 is 0 Å². The topological polar surface area (TPSA) is 17.8 Å². The van der Waals surface area contributed by atoms with Crippen LogP contribution < -0.4 is 0 Å². The van der Waals surface area contributed by atoms with E-state index in [2.05, 4.69) is 4.98 Å². The number of aryl methyl sites for hydroxylation is 1. The Morgan fingerprint density at radius 1 is 1.64 bits per heavy atom. The lowest BCUT2D eigenvalue weighted by Crippen LogP contribution is -2.22. The van der Waals surface area contributed by atoms with E-state index in [0.717, 1.165) is 5.69 Å². The van der Waals surface area contributed by atoms with E-state index in [-0.39, 0.29) is 0 Å². The number of rotatable bonds is 1. The highest BCUT2D eigenvalue weighted by Crippen LogP contribution is 2.37. The fraction of sp³-hybridized carbons (Fsp3) is 0.625. The Bertz CT molecular complexity index is 250. The summed E-state index contributed by atoms with van der Waals surface area (Å²) in [7, 11) is 1.93. The van der Waals surface area contributed by atoms with Gasteiger partial charge in [0.15, 0.2) is 0 Å². The molecule has 1 saturated carbocycles. The molecule has 1 heterocycles. The van der Waals surface area contributed by atoms with Gasteiger partial charge in [-0.15, -0.1) is 0 Å². The molecule has 0 bridgehead atoms. The summed E-state index contributed by atoms with van der Waals surface area (Å²) in [5.74, 6) is 0.381. The van der Waals surface area contributed by atoms with Crippen LogP contribution in [0, 0.1) is 0 Å². The SMILES string of the molecule is Cn1cnc(C2CC(F)C2)c1. The normalized spacial score (nSPS) is 30.0. The first-order valence-electron chi connectivity index (χ1n) is 3.87. The minimum Gasteiger partial charge on any atom is -0.340 e. The van der Waals surface area contributed by atoms with Gasteiger partial charge in [-0.25, -0.2) is 9.37 Å². The second kappa shape index (κ2) is 2.32. The van der Waals surface area contributed by atoms with E-state index in [1.54, 1.807) is 6.33 Å². The van der Waals surface area contributed by atoms with Gasteiger partial charge < -0.3 is 4.57 Å². The Balaban J connectivity index is 2.07. The number of hydrogen-bond acceptors (Lipinski definition) is 1. The molecule has 0 aromatic carbocycles. The summed E-state index contributed by atoms with van der Waals surface area (Å²) in [5.41, 5.74) is 1.04. The zero-order valence-electron chi connectivity index (χ0n) is 6.50. The van der Waals surface area contributed by atoms with Crippen molar-refractivity contribution in [2.75, 3.05) is 0 Å². The van der Waals surface area contributed by atoms with Crippen LogP contribution in [0.2, 0.25) is 0 Å². The fourth-order valence-electron chi connectivity index (χ4n) is 1.43. The van der Waals surface area contributed by atoms with Crippen molar-refractivity contribution >= 4 is 0 Å². The van der Waals surface area contributed by atoms with Crippen LogP contribution in [-0.4, -0.2) is 15.7 Å². The van der Waals surface area contributed by atoms with E-state index in [1.807, 2.05) is 17.8 Å². The molecule has 0 unspecified atom stereocenters. The first-order chi connectivity index (χ1) is 5.25. The molecule has 0 aliphatic heterocycles. The Labute approximate surface area is 65.1 Å². The predicted molar refractivity (Wildman–Crippen MR) is 40.1 cm³/mol. The molecule has 3 heteroatoms. The molecule has 1 fully saturated rings. The number of nitrogens with zero attached hydrogens (tertiary/aromatic N) is 2. The summed E-state index contributed by atoms with van der Waals surface area (Å²) >= 11 is 0. The summed E-state index contributed by atoms with van der Waals surface area (Å²) < 4.78 is 14.3. The number of imidazole rings is 1. The second-order valence-electron chi connectivity index (χ2n) is 3.23. The van der Waals surface area contributed by atoms with E-state index < -0.39 is 6.17 Å².